The van der Waals surface area contributed by atoms with Gasteiger partial charge in [0.15, 0.2) is 0 Å². The molecule has 8 nitrogen and oxygen atoms in total. The fourth-order valence-electron chi connectivity index (χ4n) is 3.60. The minimum Gasteiger partial charge on any atom is -0.361 e. The average molecular weight is 373 g/mol. The van der Waals surface area contributed by atoms with Crippen LogP contribution in [0.1, 0.15) is 58.0 Å². The predicted octanol–water partition coefficient (Wildman–Crippen LogP) is 1.95. The minimum atomic E-state index is -0.132. The second kappa shape index (κ2) is 7.54. The number of aromatic nitrogens is 3. The third-order valence-corrected chi connectivity index (χ3v) is 5.41. The third-order valence-electron chi connectivity index (χ3n) is 5.41. The summed E-state index contributed by atoms with van der Waals surface area (Å²) in [5, 5.41) is 11.3. The van der Waals surface area contributed by atoms with Crippen molar-refractivity contribution in [3.8, 4) is 0 Å². The van der Waals surface area contributed by atoms with Crippen molar-refractivity contribution in [2.75, 3.05) is 6.54 Å². The fraction of sp³-hybridized carbons (Fsp3) is 0.579. The smallest absolute Gasteiger partial charge is 0.270 e. The number of likely N-dealkylation sites (tertiary alicyclic amines) is 1. The molecular weight excluding hydrogens is 346 g/mol. The topological polar surface area (TPSA) is 93.3 Å². The van der Waals surface area contributed by atoms with E-state index in [4.69, 9.17) is 4.52 Å². The first kappa shape index (κ1) is 19.1. The van der Waals surface area contributed by atoms with Crippen LogP contribution in [-0.2, 0) is 18.4 Å². The molecule has 8 heteroatoms. The van der Waals surface area contributed by atoms with Crippen molar-refractivity contribution in [3.05, 3.63) is 34.0 Å². The zero-order valence-electron chi connectivity index (χ0n) is 16.6. The quantitative estimate of drug-likeness (QED) is 0.884. The van der Waals surface area contributed by atoms with E-state index in [1.54, 1.807) is 11.7 Å². The van der Waals surface area contributed by atoms with Crippen LogP contribution in [0.2, 0.25) is 0 Å². The number of rotatable bonds is 4. The van der Waals surface area contributed by atoms with E-state index < -0.39 is 0 Å². The SMILES string of the molecule is Cc1nn(C)c(C(=O)NC2CCC(=O)N(Cc3c(C)noc3C)CC2)c1C. The van der Waals surface area contributed by atoms with Crippen molar-refractivity contribution in [1.29, 1.82) is 0 Å². The Bertz CT molecular complexity index is 848. The Morgan fingerprint density at radius 3 is 2.56 bits per heavy atom. The lowest BCUT2D eigenvalue weighted by molar-refractivity contribution is -0.131. The Morgan fingerprint density at radius 2 is 1.96 bits per heavy atom. The fourth-order valence-corrected chi connectivity index (χ4v) is 3.60. The Kier molecular flexibility index (Phi) is 5.34. The van der Waals surface area contributed by atoms with Gasteiger partial charge >= 0.3 is 0 Å². The number of carbonyl (C=O) groups is 2. The van der Waals surface area contributed by atoms with E-state index in [2.05, 4.69) is 15.6 Å². The van der Waals surface area contributed by atoms with Gasteiger partial charge in [-0.3, -0.25) is 14.3 Å². The highest BCUT2D eigenvalue weighted by Gasteiger charge is 2.27. The molecule has 1 unspecified atom stereocenters. The standard InChI is InChI=1S/C19H27N5O3/c1-11-12(2)21-23(5)18(11)19(26)20-15-6-7-17(25)24(9-8-15)10-16-13(3)22-27-14(16)4/h15H,6-10H2,1-5H3,(H,20,26). The Labute approximate surface area is 158 Å². The molecule has 1 aliphatic heterocycles. The number of amides is 2. The van der Waals surface area contributed by atoms with Gasteiger partial charge in [-0.05, 0) is 40.5 Å². The number of nitrogens with one attached hydrogen (secondary N) is 1. The lowest BCUT2D eigenvalue weighted by Gasteiger charge is -2.21. The molecule has 2 amide bonds. The Balaban J connectivity index is 1.65. The second-order valence-electron chi connectivity index (χ2n) is 7.30. The van der Waals surface area contributed by atoms with Crippen LogP contribution in [0, 0.1) is 27.7 Å². The molecule has 1 atom stereocenters. The summed E-state index contributed by atoms with van der Waals surface area (Å²) in [5.41, 5.74) is 4.10. The molecule has 1 aliphatic rings. The number of nitrogens with zero attached hydrogens (tertiary/aromatic N) is 4. The van der Waals surface area contributed by atoms with Crippen LogP contribution in [0.3, 0.4) is 0 Å². The van der Waals surface area contributed by atoms with Crippen LogP contribution in [0.25, 0.3) is 0 Å². The molecule has 0 aromatic carbocycles. The third kappa shape index (κ3) is 3.89. The molecule has 1 fully saturated rings. The molecular formula is C19H27N5O3. The maximum absolute atomic E-state index is 12.7. The van der Waals surface area contributed by atoms with Gasteiger partial charge in [0, 0.05) is 37.2 Å². The van der Waals surface area contributed by atoms with E-state index >= 15 is 0 Å². The van der Waals surface area contributed by atoms with Gasteiger partial charge in [0.2, 0.25) is 5.91 Å². The second-order valence-corrected chi connectivity index (χ2v) is 7.30. The van der Waals surface area contributed by atoms with Crippen molar-refractivity contribution >= 4 is 11.8 Å². The highest BCUT2D eigenvalue weighted by atomic mass is 16.5. The van der Waals surface area contributed by atoms with Crippen LogP contribution in [0.5, 0.6) is 0 Å². The largest absolute Gasteiger partial charge is 0.361 e. The summed E-state index contributed by atoms with van der Waals surface area (Å²) in [4.78, 5) is 27.1. The number of aryl methyl sites for hydroxylation is 4. The lowest BCUT2D eigenvalue weighted by Crippen LogP contribution is -2.37. The molecule has 146 valence electrons. The molecule has 0 bridgehead atoms. The van der Waals surface area contributed by atoms with Crippen molar-refractivity contribution in [3.63, 3.8) is 0 Å². The summed E-state index contributed by atoms with van der Waals surface area (Å²) in [7, 11) is 1.77. The van der Waals surface area contributed by atoms with Crippen molar-refractivity contribution < 1.29 is 14.1 Å². The molecule has 0 spiro atoms. The van der Waals surface area contributed by atoms with Gasteiger partial charge in [-0.15, -0.1) is 0 Å². The van der Waals surface area contributed by atoms with Crippen LogP contribution < -0.4 is 5.32 Å². The molecule has 0 radical (unpaired) electrons. The predicted molar refractivity (Wildman–Crippen MR) is 99.2 cm³/mol. The number of hydrogen-bond donors (Lipinski definition) is 1. The molecule has 3 heterocycles. The normalized spacial score (nSPS) is 17.9. The molecule has 2 aromatic rings. The first-order chi connectivity index (χ1) is 12.8. The number of hydrogen-bond acceptors (Lipinski definition) is 5. The summed E-state index contributed by atoms with van der Waals surface area (Å²) in [5.74, 6) is 0.711. The van der Waals surface area contributed by atoms with Crippen molar-refractivity contribution in [2.24, 2.45) is 7.05 Å². The highest BCUT2D eigenvalue weighted by Crippen LogP contribution is 2.20. The summed E-state index contributed by atoms with van der Waals surface area (Å²) in [6.45, 7) is 8.63. The van der Waals surface area contributed by atoms with E-state index in [0.717, 1.165) is 34.7 Å². The number of carbonyl (C=O) groups excluding carboxylic acids is 2. The van der Waals surface area contributed by atoms with Crippen molar-refractivity contribution in [2.45, 2.75) is 59.5 Å². The van der Waals surface area contributed by atoms with Gasteiger partial charge in [-0.2, -0.15) is 5.10 Å². The summed E-state index contributed by atoms with van der Waals surface area (Å²) >= 11 is 0. The molecule has 1 saturated heterocycles. The molecule has 0 aliphatic carbocycles. The van der Waals surface area contributed by atoms with Crippen LogP contribution in [0.4, 0.5) is 0 Å². The van der Waals surface area contributed by atoms with Gasteiger partial charge in [0.05, 0.1) is 17.9 Å². The van der Waals surface area contributed by atoms with E-state index in [1.807, 2.05) is 32.6 Å². The highest BCUT2D eigenvalue weighted by molar-refractivity contribution is 5.94. The van der Waals surface area contributed by atoms with Crippen LogP contribution >= 0.6 is 0 Å². The molecule has 27 heavy (non-hydrogen) atoms. The molecule has 0 saturated carbocycles. The van der Waals surface area contributed by atoms with Gasteiger partial charge in [0.25, 0.3) is 5.91 Å². The maximum Gasteiger partial charge on any atom is 0.270 e. The van der Waals surface area contributed by atoms with E-state index in [9.17, 15) is 9.59 Å². The Hall–Kier alpha value is -2.64. The zero-order valence-corrected chi connectivity index (χ0v) is 16.6. The van der Waals surface area contributed by atoms with Gasteiger partial charge in [0.1, 0.15) is 11.5 Å². The van der Waals surface area contributed by atoms with Gasteiger partial charge in [-0.25, -0.2) is 0 Å². The first-order valence-corrected chi connectivity index (χ1v) is 9.28. The monoisotopic (exact) mass is 373 g/mol. The van der Waals surface area contributed by atoms with E-state index in [1.165, 1.54) is 0 Å². The summed E-state index contributed by atoms with van der Waals surface area (Å²) < 4.78 is 6.81. The summed E-state index contributed by atoms with van der Waals surface area (Å²) in [6.07, 6.45) is 1.77. The summed E-state index contributed by atoms with van der Waals surface area (Å²) in [6, 6.07) is -0.0364. The molecule has 1 N–H and O–H groups in total. The van der Waals surface area contributed by atoms with Crippen LogP contribution in [-0.4, -0.2) is 44.2 Å². The minimum absolute atomic E-state index is 0.0364. The van der Waals surface area contributed by atoms with Crippen molar-refractivity contribution in [1.82, 2.24) is 25.2 Å². The lowest BCUT2D eigenvalue weighted by atomic mass is 10.1. The van der Waals surface area contributed by atoms with Crippen LogP contribution in [0.15, 0.2) is 4.52 Å². The zero-order chi connectivity index (χ0) is 19.7. The maximum atomic E-state index is 12.7. The average Bonchev–Trinajstić information content (AvgIpc) is 2.98. The van der Waals surface area contributed by atoms with Gasteiger partial charge < -0.3 is 14.7 Å². The van der Waals surface area contributed by atoms with Gasteiger partial charge in [-0.1, -0.05) is 5.16 Å². The molecule has 3 rings (SSSR count). The Morgan fingerprint density at radius 1 is 1.22 bits per heavy atom. The van der Waals surface area contributed by atoms with E-state index in [0.29, 0.717) is 31.6 Å². The first-order valence-electron chi connectivity index (χ1n) is 9.28. The van der Waals surface area contributed by atoms with E-state index in [-0.39, 0.29) is 17.9 Å². The molecule has 2 aromatic heterocycles.